The Hall–Kier alpha value is -3.90. The number of urea groups is 1. The van der Waals surface area contributed by atoms with E-state index in [1.807, 2.05) is 31.2 Å². The van der Waals surface area contributed by atoms with Crippen molar-refractivity contribution in [1.29, 1.82) is 0 Å². The number of rotatable bonds is 5. The number of halogens is 1. The van der Waals surface area contributed by atoms with Crippen molar-refractivity contribution in [2.24, 2.45) is 0 Å². The molecule has 0 saturated carbocycles. The summed E-state index contributed by atoms with van der Waals surface area (Å²) in [5.41, 5.74) is 2.91. The first-order chi connectivity index (χ1) is 15.4. The van der Waals surface area contributed by atoms with E-state index in [0.29, 0.717) is 28.6 Å². The molecule has 0 aliphatic carbocycles. The molecule has 1 saturated heterocycles. The van der Waals surface area contributed by atoms with E-state index in [0.717, 1.165) is 16.0 Å². The van der Waals surface area contributed by atoms with Gasteiger partial charge in [-0.25, -0.2) is 9.69 Å². The molecule has 1 fully saturated rings. The number of barbiturate groups is 1. The van der Waals surface area contributed by atoms with Crippen molar-refractivity contribution in [3.05, 3.63) is 100 Å². The van der Waals surface area contributed by atoms with E-state index in [1.54, 1.807) is 48.5 Å². The number of hydrogen-bond donors (Lipinski definition) is 1. The average molecular weight is 447 g/mol. The minimum atomic E-state index is -0.795. The molecule has 3 aromatic rings. The van der Waals surface area contributed by atoms with Gasteiger partial charge >= 0.3 is 6.03 Å². The standard InChI is InChI=1S/C25H19ClN2O4/c1-16-2-4-17(5-3-16)14-22-23(29)27-25(31)28(24(22)30)20-10-12-21(13-11-20)32-15-18-6-8-19(26)9-7-18/h2-14H,15H2,1H3,(H,27,29,31). The average Bonchev–Trinajstić information content (AvgIpc) is 2.78. The Morgan fingerprint density at radius 1 is 0.906 bits per heavy atom. The quantitative estimate of drug-likeness (QED) is 0.447. The number of benzene rings is 3. The second-order valence-electron chi connectivity index (χ2n) is 7.28. The number of amides is 4. The zero-order chi connectivity index (χ0) is 22.7. The Morgan fingerprint density at radius 3 is 2.22 bits per heavy atom. The summed E-state index contributed by atoms with van der Waals surface area (Å²) in [6, 6.07) is 20.4. The Labute approximate surface area is 190 Å². The van der Waals surface area contributed by atoms with Crippen LogP contribution >= 0.6 is 11.6 Å². The van der Waals surface area contributed by atoms with Gasteiger partial charge in [0.25, 0.3) is 11.8 Å². The van der Waals surface area contributed by atoms with Gasteiger partial charge in [-0.05, 0) is 60.5 Å². The molecule has 0 spiro atoms. The summed E-state index contributed by atoms with van der Waals surface area (Å²) in [5.74, 6) is -0.839. The zero-order valence-electron chi connectivity index (χ0n) is 17.2. The minimum Gasteiger partial charge on any atom is -0.489 e. The fourth-order valence-corrected chi connectivity index (χ4v) is 3.29. The maximum absolute atomic E-state index is 13.0. The third-order valence-corrected chi connectivity index (χ3v) is 5.16. The predicted octanol–water partition coefficient (Wildman–Crippen LogP) is 4.89. The highest BCUT2D eigenvalue weighted by atomic mass is 35.5. The first-order valence-corrected chi connectivity index (χ1v) is 10.2. The van der Waals surface area contributed by atoms with Crippen LogP contribution in [-0.4, -0.2) is 17.8 Å². The van der Waals surface area contributed by atoms with E-state index >= 15 is 0 Å². The second kappa shape index (κ2) is 9.08. The van der Waals surface area contributed by atoms with Crippen LogP contribution < -0.4 is 15.0 Å². The topological polar surface area (TPSA) is 75.7 Å². The summed E-state index contributed by atoms with van der Waals surface area (Å²) in [6.45, 7) is 2.29. The fourth-order valence-electron chi connectivity index (χ4n) is 3.16. The van der Waals surface area contributed by atoms with Crippen LogP contribution in [0, 0.1) is 6.92 Å². The molecular formula is C25H19ClN2O4. The normalized spacial score (nSPS) is 15.1. The lowest BCUT2D eigenvalue weighted by Crippen LogP contribution is -2.54. The van der Waals surface area contributed by atoms with Gasteiger partial charge in [-0.15, -0.1) is 0 Å². The van der Waals surface area contributed by atoms with Crippen molar-refractivity contribution >= 4 is 41.2 Å². The zero-order valence-corrected chi connectivity index (χ0v) is 17.9. The van der Waals surface area contributed by atoms with Gasteiger partial charge in [-0.1, -0.05) is 53.6 Å². The predicted molar refractivity (Wildman–Crippen MR) is 122 cm³/mol. The van der Waals surface area contributed by atoms with Crippen LogP contribution in [0.25, 0.3) is 6.08 Å². The van der Waals surface area contributed by atoms with Crippen LogP contribution in [-0.2, 0) is 16.2 Å². The van der Waals surface area contributed by atoms with Crippen LogP contribution in [0.15, 0.2) is 78.4 Å². The van der Waals surface area contributed by atoms with Gasteiger partial charge in [0.05, 0.1) is 5.69 Å². The first kappa shape index (κ1) is 21.3. The third kappa shape index (κ3) is 4.71. The van der Waals surface area contributed by atoms with E-state index in [4.69, 9.17) is 16.3 Å². The molecule has 32 heavy (non-hydrogen) atoms. The van der Waals surface area contributed by atoms with Crippen LogP contribution in [0.2, 0.25) is 5.02 Å². The van der Waals surface area contributed by atoms with Gasteiger partial charge in [0.2, 0.25) is 0 Å². The van der Waals surface area contributed by atoms with Crippen LogP contribution in [0.5, 0.6) is 5.75 Å². The fraction of sp³-hybridized carbons (Fsp3) is 0.0800. The van der Waals surface area contributed by atoms with E-state index in [1.165, 1.54) is 6.08 Å². The molecule has 0 radical (unpaired) electrons. The number of ether oxygens (including phenoxy) is 1. The molecule has 160 valence electrons. The molecule has 0 aromatic heterocycles. The third-order valence-electron chi connectivity index (χ3n) is 4.90. The van der Waals surface area contributed by atoms with Gasteiger partial charge < -0.3 is 4.74 Å². The Bertz CT molecular complexity index is 1200. The largest absolute Gasteiger partial charge is 0.489 e. The van der Waals surface area contributed by atoms with Gasteiger partial charge in [-0.3, -0.25) is 14.9 Å². The monoisotopic (exact) mass is 446 g/mol. The molecule has 1 N–H and O–H groups in total. The molecule has 0 unspecified atom stereocenters. The number of nitrogens with one attached hydrogen (secondary N) is 1. The van der Waals surface area contributed by atoms with Crippen LogP contribution in [0.3, 0.4) is 0 Å². The highest BCUT2D eigenvalue weighted by Crippen LogP contribution is 2.25. The number of aryl methyl sites for hydroxylation is 1. The number of carbonyl (C=O) groups excluding carboxylic acids is 3. The number of imide groups is 2. The summed E-state index contributed by atoms with van der Waals surface area (Å²) in [5, 5.41) is 2.87. The van der Waals surface area contributed by atoms with Crippen LogP contribution in [0.4, 0.5) is 10.5 Å². The molecule has 7 heteroatoms. The van der Waals surface area contributed by atoms with Crippen molar-refractivity contribution < 1.29 is 19.1 Å². The van der Waals surface area contributed by atoms with Gasteiger partial charge in [0.15, 0.2) is 0 Å². The summed E-state index contributed by atoms with van der Waals surface area (Å²) >= 11 is 5.88. The molecule has 4 rings (SSSR count). The maximum atomic E-state index is 13.0. The lowest BCUT2D eigenvalue weighted by Gasteiger charge is -2.26. The van der Waals surface area contributed by atoms with E-state index in [9.17, 15) is 14.4 Å². The smallest absolute Gasteiger partial charge is 0.335 e. The van der Waals surface area contributed by atoms with E-state index < -0.39 is 17.8 Å². The molecule has 1 heterocycles. The Morgan fingerprint density at radius 2 is 1.56 bits per heavy atom. The maximum Gasteiger partial charge on any atom is 0.335 e. The number of hydrogen-bond acceptors (Lipinski definition) is 4. The molecule has 0 bridgehead atoms. The summed E-state index contributed by atoms with van der Waals surface area (Å²) in [6.07, 6.45) is 1.47. The molecule has 6 nitrogen and oxygen atoms in total. The lowest BCUT2D eigenvalue weighted by atomic mass is 10.1. The SMILES string of the molecule is Cc1ccc(C=C2C(=O)NC(=O)N(c3ccc(OCc4ccc(Cl)cc4)cc3)C2=O)cc1. The molecule has 4 amide bonds. The van der Waals surface area contributed by atoms with E-state index in [-0.39, 0.29) is 5.57 Å². The van der Waals surface area contributed by atoms with Crippen molar-refractivity contribution in [2.45, 2.75) is 13.5 Å². The van der Waals surface area contributed by atoms with Crippen molar-refractivity contribution in [2.75, 3.05) is 4.90 Å². The number of nitrogens with zero attached hydrogens (tertiary/aromatic N) is 1. The second-order valence-corrected chi connectivity index (χ2v) is 7.71. The number of carbonyl (C=O) groups is 3. The lowest BCUT2D eigenvalue weighted by molar-refractivity contribution is -0.122. The molecule has 0 atom stereocenters. The minimum absolute atomic E-state index is 0.114. The van der Waals surface area contributed by atoms with E-state index in [2.05, 4.69) is 5.32 Å². The molecule has 1 aliphatic rings. The van der Waals surface area contributed by atoms with Gasteiger partial charge in [-0.2, -0.15) is 0 Å². The van der Waals surface area contributed by atoms with Crippen LogP contribution in [0.1, 0.15) is 16.7 Å². The highest BCUT2D eigenvalue weighted by molar-refractivity contribution is 6.39. The highest BCUT2D eigenvalue weighted by Gasteiger charge is 2.36. The summed E-state index contributed by atoms with van der Waals surface area (Å²) in [4.78, 5) is 38.6. The van der Waals surface area contributed by atoms with Crippen molar-refractivity contribution in [3.63, 3.8) is 0 Å². The van der Waals surface area contributed by atoms with Crippen molar-refractivity contribution in [3.8, 4) is 5.75 Å². The van der Waals surface area contributed by atoms with Crippen molar-refractivity contribution in [1.82, 2.24) is 5.32 Å². The summed E-state index contributed by atoms with van der Waals surface area (Å²) in [7, 11) is 0. The Kier molecular flexibility index (Phi) is 6.05. The molecular weight excluding hydrogens is 428 g/mol. The Balaban J connectivity index is 1.51. The molecule has 1 aliphatic heterocycles. The first-order valence-electron chi connectivity index (χ1n) is 9.86. The summed E-state index contributed by atoms with van der Waals surface area (Å²) < 4.78 is 5.74. The van der Waals surface area contributed by atoms with Gasteiger partial charge in [0, 0.05) is 5.02 Å². The molecule has 3 aromatic carbocycles. The van der Waals surface area contributed by atoms with Gasteiger partial charge in [0.1, 0.15) is 17.9 Å². The number of anilines is 1.